The van der Waals surface area contributed by atoms with Crippen molar-refractivity contribution in [2.24, 2.45) is 0 Å². The first-order chi connectivity index (χ1) is 10.9. The van der Waals surface area contributed by atoms with Crippen molar-refractivity contribution in [2.75, 3.05) is 30.2 Å². The van der Waals surface area contributed by atoms with Gasteiger partial charge in [-0.25, -0.2) is 12.8 Å². The van der Waals surface area contributed by atoms with Gasteiger partial charge in [-0.15, -0.1) is 0 Å². The zero-order chi connectivity index (χ0) is 16.9. The Morgan fingerprint density at radius 2 is 1.78 bits per heavy atom. The van der Waals surface area contributed by atoms with Gasteiger partial charge in [-0.3, -0.25) is 9.10 Å². The molecule has 7 heteroatoms. The first kappa shape index (κ1) is 17.7. The summed E-state index contributed by atoms with van der Waals surface area (Å²) in [5, 5.41) is 0. The monoisotopic (exact) mass is 342 g/mol. The van der Waals surface area contributed by atoms with E-state index in [4.69, 9.17) is 0 Å². The lowest BCUT2D eigenvalue weighted by Gasteiger charge is -2.27. The predicted molar refractivity (Wildman–Crippen MR) is 88.3 cm³/mol. The number of amides is 1. The molecule has 0 spiro atoms. The van der Waals surface area contributed by atoms with Crippen LogP contribution in [0.1, 0.15) is 32.1 Å². The number of halogens is 1. The van der Waals surface area contributed by atoms with E-state index in [1.165, 1.54) is 28.6 Å². The molecule has 0 bridgehead atoms. The smallest absolute Gasteiger partial charge is 0.232 e. The van der Waals surface area contributed by atoms with Crippen LogP contribution in [0.3, 0.4) is 0 Å². The Bertz CT molecular complexity index is 625. The van der Waals surface area contributed by atoms with Gasteiger partial charge in [-0.2, -0.15) is 0 Å². The van der Waals surface area contributed by atoms with Gasteiger partial charge in [0.05, 0.1) is 11.9 Å². The minimum Gasteiger partial charge on any atom is -0.343 e. The third kappa shape index (κ3) is 5.20. The summed E-state index contributed by atoms with van der Waals surface area (Å²) in [6.45, 7) is 1.81. The molecule has 1 amide bonds. The number of likely N-dealkylation sites (tertiary alicyclic amines) is 1. The van der Waals surface area contributed by atoms with Crippen LogP contribution in [0.5, 0.6) is 0 Å². The molecule has 2 rings (SSSR count). The minimum absolute atomic E-state index is 0.0808. The normalized spacial score (nSPS) is 15.5. The van der Waals surface area contributed by atoms with Gasteiger partial charge in [0.25, 0.3) is 0 Å². The lowest BCUT2D eigenvalue weighted by molar-refractivity contribution is -0.132. The lowest BCUT2D eigenvalue weighted by Crippen LogP contribution is -2.36. The largest absolute Gasteiger partial charge is 0.343 e. The van der Waals surface area contributed by atoms with Crippen molar-refractivity contribution in [3.63, 3.8) is 0 Å². The molecule has 0 radical (unpaired) electrons. The van der Waals surface area contributed by atoms with Crippen LogP contribution in [0.15, 0.2) is 24.3 Å². The summed E-state index contributed by atoms with van der Waals surface area (Å²) < 4.78 is 38.1. The number of benzene rings is 1. The highest BCUT2D eigenvalue weighted by molar-refractivity contribution is 7.92. The molecule has 5 nitrogen and oxygen atoms in total. The Kier molecular flexibility index (Phi) is 5.98. The maximum atomic E-state index is 13.0. The van der Waals surface area contributed by atoms with Crippen molar-refractivity contribution in [3.05, 3.63) is 30.1 Å². The zero-order valence-electron chi connectivity index (χ0n) is 13.4. The highest BCUT2D eigenvalue weighted by Crippen LogP contribution is 2.19. The molecule has 0 N–H and O–H groups in total. The molecule has 0 aromatic heterocycles. The standard InChI is InChI=1S/C16H23FN2O3S/c1-23(21,22)19(15-9-7-14(17)8-10-15)13-5-6-16(20)18-11-3-2-4-12-18/h7-10H,2-6,11-13H2,1H3. The molecular formula is C16H23FN2O3S. The molecule has 23 heavy (non-hydrogen) atoms. The maximum absolute atomic E-state index is 13.0. The fourth-order valence-electron chi connectivity index (χ4n) is 2.77. The highest BCUT2D eigenvalue weighted by atomic mass is 32.2. The summed E-state index contributed by atoms with van der Waals surface area (Å²) in [6, 6.07) is 5.32. The van der Waals surface area contributed by atoms with Gasteiger partial charge < -0.3 is 4.90 Å². The molecule has 1 aliphatic heterocycles. The van der Waals surface area contributed by atoms with E-state index < -0.39 is 15.8 Å². The average molecular weight is 342 g/mol. The quantitative estimate of drug-likeness (QED) is 0.797. The highest BCUT2D eigenvalue weighted by Gasteiger charge is 2.20. The van der Waals surface area contributed by atoms with Crippen molar-refractivity contribution in [1.29, 1.82) is 0 Å². The topological polar surface area (TPSA) is 57.7 Å². The summed E-state index contributed by atoms with van der Waals surface area (Å²) in [4.78, 5) is 14.0. The summed E-state index contributed by atoms with van der Waals surface area (Å²) in [6.07, 6.45) is 5.12. The average Bonchev–Trinajstić information content (AvgIpc) is 2.52. The van der Waals surface area contributed by atoms with Crippen LogP contribution in [0, 0.1) is 5.82 Å². The second kappa shape index (κ2) is 7.77. The number of hydrogen-bond acceptors (Lipinski definition) is 3. The fraction of sp³-hybridized carbons (Fsp3) is 0.562. The van der Waals surface area contributed by atoms with E-state index in [0.29, 0.717) is 18.5 Å². The third-order valence-corrected chi connectivity index (χ3v) is 5.17. The molecular weight excluding hydrogens is 319 g/mol. The van der Waals surface area contributed by atoms with Crippen LogP contribution in [-0.4, -0.2) is 45.1 Å². The molecule has 0 aliphatic carbocycles. The predicted octanol–water partition coefficient (Wildman–Crippen LogP) is 2.38. The molecule has 1 aromatic rings. The number of anilines is 1. The Hall–Kier alpha value is -1.63. The summed E-state index contributed by atoms with van der Waals surface area (Å²) in [5.74, 6) is -0.334. The fourth-order valence-corrected chi connectivity index (χ4v) is 3.73. The van der Waals surface area contributed by atoms with E-state index in [0.717, 1.165) is 38.6 Å². The van der Waals surface area contributed by atoms with Gasteiger partial charge >= 0.3 is 0 Å². The van der Waals surface area contributed by atoms with Gasteiger partial charge in [-0.05, 0) is 49.9 Å². The number of hydrogen-bond donors (Lipinski definition) is 0. The van der Waals surface area contributed by atoms with E-state index in [9.17, 15) is 17.6 Å². The minimum atomic E-state index is -3.47. The van der Waals surface area contributed by atoms with Crippen LogP contribution in [0.4, 0.5) is 10.1 Å². The van der Waals surface area contributed by atoms with Gasteiger partial charge in [0.2, 0.25) is 15.9 Å². The van der Waals surface area contributed by atoms with E-state index in [2.05, 4.69) is 0 Å². The van der Waals surface area contributed by atoms with E-state index in [1.54, 1.807) is 0 Å². The molecule has 1 aliphatic rings. The van der Waals surface area contributed by atoms with E-state index in [-0.39, 0.29) is 12.5 Å². The van der Waals surface area contributed by atoms with E-state index >= 15 is 0 Å². The molecule has 1 heterocycles. The maximum Gasteiger partial charge on any atom is 0.232 e. The van der Waals surface area contributed by atoms with Gasteiger partial charge in [-0.1, -0.05) is 0 Å². The van der Waals surface area contributed by atoms with Crippen LogP contribution in [0.2, 0.25) is 0 Å². The summed E-state index contributed by atoms with van der Waals surface area (Å²) >= 11 is 0. The van der Waals surface area contributed by atoms with Gasteiger partial charge in [0.1, 0.15) is 5.82 Å². The first-order valence-corrected chi connectivity index (χ1v) is 9.74. The van der Waals surface area contributed by atoms with Crippen LogP contribution < -0.4 is 4.31 Å². The summed E-state index contributed by atoms with van der Waals surface area (Å²) in [7, 11) is -3.47. The molecule has 1 fully saturated rings. The third-order valence-electron chi connectivity index (χ3n) is 3.98. The second-order valence-corrected chi connectivity index (χ2v) is 7.76. The number of sulfonamides is 1. The van der Waals surface area contributed by atoms with Gasteiger partial charge in [0, 0.05) is 26.1 Å². The Labute approximate surface area is 137 Å². The second-order valence-electron chi connectivity index (χ2n) is 5.86. The van der Waals surface area contributed by atoms with Crippen molar-refractivity contribution in [2.45, 2.75) is 32.1 Å². The SMILES string of the molecule is CS(=O)(=O)N(CCCC(=O)N1CCCCC1)c1ccc(F)cc1. The van der Waals surface area contributed by atoms with Crippen LogP contribution in [-0.2, 0) is 14.8 Å². The Morgan fingerprint density at radius 1 is 1.17 bits per heavy atom. The van der Waals surface area contributed by atoms with Crippen molar-refractivity contribution >= 4 is 21.6 Å². The molecule has 1 aromatic carbocycles. The first-order valence-electron chi connectivity index (χ1n) is 7.89. The molecule has 0 saturated carbocycles. The van der Waals surface area contributed by atoms with Crippen molar-refractivity contribution < 1.29 is 17.6 Å². The Morgan fingerprint density at radius 3 is 2.35 bits per heavy atom. The number of nitrogens with zero attached hydrogens (tertiary/aromatic N) is 2. The van der Waals surface area contributed by atoms with Crippen molar-refractivity contribution in [1.82, 2.24) is 4.90 Å². The number of rotatable bonds is 6. The molecule has 0 unspecified atom stereocenters. The molecule has 1 saturated heterocycles. The number of carbonyl (C=O) groups is 1. The molecule has 0 atom stereocenters. The Balaban J connectivity index is 1.94. The number of carbonyl (C=O) groups excluding carboxylic acids is 1. The lowest BCUT2D eigenvalue weighted by atomic mass is 10.1. The van der Waals surface area contributed by atoms with Gasteiger partial charge in [0.15, 0.2) is 0 Å². The van der Waals surface area contributed by atoms with Crippen molar-refractivity contribution in [3.8, 4) is 0 Å². The van der Waals surface area contributed by atoms with E-state index in [1.807, 2.05) is 4.90 Å². The molecule has 128 valence electrons. The van der Waals surface area contributed by atoms with Crippen LogP contribution in [0.25, 0.3) is 0 Å². The van der Waals surface area contributed by atoms with Crippen LogP contribution >= 0.6 is 0 Å². The number of piperidine rings is 1. The zero-order valence-corrected chi connectivity index (χ0v) is 14.2. The summed E-state index contributed by atoms with van der Waals surface area (Å²) in [5.41, 5.74) is 0.416.